The van der Waals surface area contributed by atoms with Crippen molar-refractivity contribution in [2.75, 3.05) is 0 Å². The third-order valence-electron chi connectivity index (χ3n) is 5.82. The molecule has 1 heterocycles. The van der Waals surface area contributed by atoms with E-state index >= 15 is 0 Å². The normalized spacial score (nSPS) is 18.8. The summed E-state index contributed by atoms with van der Waals surface area (Å²) < 4.78 is 44.0. The van der Waals surface area contributed by atoms with E-state index in [1.165, 1.54) is 30.3 Å². The molecule has 5 N–H and O–H groups in total. The second kappa shape index (κ2) is 8.93. The van der Waals surface area contributed by atoms with Gasteiger partial charge < -0.3 is 10.2 Å². The summed E-state index contributed by atoms with van der Waals surface area (Å²) >= 11 is 0. The Morgan fingerprint density at radius 2 is 1.73 bits per heavy atom. The highest BCUT2D eigenvalue weighted by atomic mass is 32.2. The Bertz CT molecular complexity index is 1270. The minimum atomic E-state index is -4.05. The van der Waals surface area contributed by atoms with Crippen molar-refractivity contribution in [3.8, 4) is 22.6 Å². The van der Waals surface area contributed by atoms with Gasteiger partial charge in [0.05, 0.1) is 10.9 Å². The zero-order valence-corrected chi connectivity index (χ0v) is 18.3. The standard InChI is InChI=1S/C22H23FN4O5S/c23-15-9-5-13(6-10-15)19-20(17-3-1-2-4-18(17)33(25,30)31)32-21(26-19)14-7-11-16(12-8-14)27(29)22(24)28/h1-6,9-10,14,16,29H,7-8,11-12H2,(H2,24,28)(H2,25,30,31). The van der Waals surface area contributed by atoms with Crippen molar-refractivity contribution in [2.45, 2.75) is 42.5 Å². The molecule has 0 atom stereocenters. The Balaban J connectivity index is 1.75. The number of carbonyl (C=O) groups excluding carboxylic acids is 1. The number of oxazole rings is 1. The van der Waals surface area contributed by atoms with Crippen LogP contribution in [0.3, 0.4) is 0 Å². The average molecular weight is 475 g/mol. The van der Waals surface area contributed by atoms with E-state index in [-0.39, 0.29) is 22.1 Å². The van der Waals surface area contributed by atoms with Gasteiger partial charge in [0.25, 0.3) is 0 Å². The average Bonchev–Trinajstić information content (AvgIpc) is 3.24. The number of carbonyl (C=O) groups is 1. The maximum atomic E-state index is 13.5. The number of halogens is 1. The lowest BCUT2D eigenvalue weighted by Crippen LogP contribution is -2.42. The second-order valence-electron chi connectivity index (χ2n) is 7.97. The van der Waals surface area contributed by atoms with E-state index in [2.05, 4.69) is 4.98 Å². The lowest BCUT2D eigenvalue weighted by atomic mass is 9.86. The number of primary sulfonamides is 1. The number of urea groups is 1. The molecule has 2 aromatic carbocycles. The fraction of sp³-hybridized carbons (Fsp3) is 0.273. The van der Waals surface area contributed by atoms with E-state index in [4.69, 9.17) is 15.3 Å². The Morgan fingerprint density at radius 1 is 1.09 bits per heavy atom. The van der Waals surface area contributed by atoms with Gasteiger partial charge in [0, 0.05) is 17.0 Å². The summed E-state index contributed by atoms with van der Waals surface area (Å²) in [5.74, 6) is 0.0484. The molecule has 9 nitrogen and oxygen atoms in total. The summed E-state index contributed by atoms with van der Waals surface area (Å²) in [6, 6.07) is 10.5. The second-order valence-corrected chi connectivity index (χ2v) is 9.50. The molecule has 3 aromatic rings. The predicted molar refractivity (Wildman–Crippen MR) is 117 cm³/mol. The number of nitrogens with two attached hydrogens (primary N) is 2. The van der Waals surface area contributed by atoms with Gasteiger partial charge in [-0.2, -0.15) is 0 Å². The van der Waals surface area contributed by atoms with Crippen LogP contribution in [0.15, 0.2) is 57.8 Å². The number of aromatic nitrogens is 1. The summed E-state index contributed by atoms with van der Waals surface area (Å²) in [6.07, 6.45) is 2.10. The molecule has 0 radical (unpaired) electrons. The molecule has 174 valence electrons. The van der Waals surface area contributed by atoms with Crippen molar-refractivity contribution in [3.05, 3.63) is 60.2 Å². The van der Waals surface area contributed by atoms with E-state index < -0.39 is 27.9 Å². The Morgan fingerprint density at radius 3 is 2.33 bits per heavy atom. The van der Waals surface area contributed by atoms with Gasteiger partial charge in [0.2, 0.25) is 10.0 Å². The summed E-state index contributed by atoms with van der Waals surface area (Å²) in [5, 5.41) is 15.8. The van der Waals surface area contributed by atoms with Crippen molar-refractivity contribution >= 4 is 16.1 Å². The summed E-state index contributed by atoms with van der Waals surface area (Å²) in [4.78, 5) is 15.8. The quantitative estimate of drug-likeness (QED) is 0.379. The largest absolute Gasteiger partial charge is 0.440 e. The van der Waals surface area contributed by atoms with E-state index in [1.54, 1.807) is 18.2 Å². The summed E-state index contributed by atoms with van der Waals surface area (Å²) in [6.45, 7) is 0. The Hall–Kier alpha value is -3.28. The monoisotopic (exact) mass is 474 g/mol. The fourth-order valence-corrected chi connectivity index (χ4v) is 4.88. The van der Waals surface area contributed by atoms with Gasteiger partial charge in [0.15, 0.2) is 11.7 Å². The highest BCUT2D eigenvalue weighted by molar-refractivity contribution is 7.89. The van der Waals surface area contributed by atoms with Crippen molar-refractivity contribution in [3.63, 3.8) is 0 Å². The highest BCUT2D eigenvalue weighted by Crippen LogP contribution is 2.41. The lowest BCUT2D eigenvalue weighted by molar-refractivity contribution is -0.0854. The number of sulfonamides is 1. The number of benzene rings is 2. The zero-order chi connectivity index (χ0) is 23.8. The molecule has 11 heteroatoms. The number of nitrogens with zero attached hydrogens (tertiary/aromatic N) is 2. The zero-order valence-electron chi connectivity index (χ0n) is 17.5. The molecule has 0 spiro atoms. The number of hydrogen-bond donors (Lipinski definition) is 3. The number of amides is 2. The van der Waals surface area contributed by atoms with Crippen LogP contribution in [0.25, 0.3) is 22.6 Å². The number of primary amides is 1. The fourth-order valence-electron chi connectivity index (χ4n) is 4.15. The van der Waals surface area contributed by atoms with Crippen molar-refractivity contribution in [1.82, 2.24) is 10.0 Å². The van der Waals surface area contributed by atoms with Crippen LogP contribution < -0.4 is 10.9 Å². The van der Waals surface area contributed by atoms with Crippen LogP contribution in [0.2, 0.25) is 0 Å². The Labute approximate surface area is 189 Å². The van der Waals surface area contributed by atoms with E-state index in [0.717, 1.165) is 0 Å². The van der Waals surface area contributed by atoms with Crippen molar-refractivity contribution in [2.24, 2.45) is 10.9 Å². The first kappa shape index (κ1) is 22.9. The van der Waals surface area contributed by atoms with Gasteiger partial charge in [-0.25, -0.2) is 32.8 Å². The molecule has 0 saturated heterocycles. The minimum Gasteiger partial charge on any atom is -0.440 e. The third kappa shape index (κ3) is 4.75. The Kier molecular flexibility index (Phi) is 6.19. The molecular formula is C22H23FN4O5S. The SMILES string of the molecule is NC(=O)N(O)C1CCC(c2nc(-c3ccc(F)cc3)c(-c3ccccc3S(N)(=O)=O)o2)CC1. The van der Waals surface area contributed by atoms with Gasteiger partial charge in [-0.1, -0.05) is 12.1 Å². The van der Waals surface area contributed by atoms with Gasteiger partial charge in [-0.15, -0.1) is 0 Å². The molecule has 4 rings (SSSR count). The van der Waals surface area contributed by atoms with Crippen LogP contribution >= 0.6 is 0 Å². The lowest BCUT2D eigenvalue weighted by Gasteiger charge is -2.30. The predicted octanol–water partition coefficient (Wildman–Crippen LogP) is 3.59. The molecule has 1 saturated carbocycles. The minimum absolute atomic E-state index is 0.114. The maximum Gasteiger partial charge on any atom is 0.338 e. The molecule has 33 heavy (non-hydrogen) atoms. The molecule has 1 aromatic heterocycles. The molecule has 0 unspecified atom stereocenters. The van der Waals surface area contributed by atoms with Crippen LogP contribution in [0, 0.1) is 5.82 Å². The van der Waals surface area contributed by atoms with Crippen molar-refractivity contribution in [1.29, 1.82) is 0 Å². The van der Waals surface area contributed by atoms with Crippen molar-refractivity contribution < 1.29 is 27.2 Å². The molecule has 1 fully saturated rings. The van der Waals surface area contributed by atoms with Gasteiger partial charge >= 0.3 is 6.03 Å². The van der Waals surface area contributed by atoms with E-state index in [1.807, 2.05) is 0 Å². The molecule has 2 amide bonds. The molecular weight excluding hydrogens is 451 g/mol. The van der Waals surface area contributed by atoms with Crippen LogP contribution in [0.1, 0.15) is 37.5 Å². The summed E-state index contributed by atoms with van der Waals surface area (Å²) in [5.41, 5.74) is 6.31. The first-order valence-electron chi connectivity index (χ1n) is 10.3. The first-order valence-corrected chi connectivity index (χ1v) is 11.9. The first-order chi connectivity index (χ1) is 15.6. The van der Waals surface area contributed by atoms with Crippen LogP contribution in [0.5, 0.6) is 0 Å². The topological polar surface area (TPSA) is 153 Å². The van der Waals surface area contributed by atoms with Gasteiger partial charge in [-0.3, -0.25) is 5.21 Å². The third-order valence-corrected chi connectivity index (χ3v) is 6.79. The van der Waals surface area contributed by atoms with E-state index in [0.29, 0.717) is 47.9 Å². The molecule has 1 aliphatic carbocycles. The van der Waals surface area contributed by atoms with Crippen LogP contribution in [0.4, 0.5) is 9.18 Å². The smallest absolute Gasteiger partial charge is 0.338 e. The van der Waals surface area contributed by atoms with Crippen LogP contribution in [-0.4, -0.2) is 35.7 Å². The van der Waals surface area contributed by atoms with Gasteiger partial charge in [0.1, 0.15) is 11.5 Å². The van der Waals surface area contributed by atoms with E-state index in [9.17, 15) is 22.8 Å². The maximum absolute atomic E-state index is 13.5. The molecule has 0 aliphatic heterocycles. The summed E-state index contributed by atoms with van der Waals surface area (Å²) in [7, 11) is -4.05. The molecule has 1 aliphatic rings. The number of hydroxylamine groups is 2. The van der Waals surface area contributed by atoms with Crippen LogP contribution in [-0.2, 0) is 10.0 Å². The number of rotatable bonds is 5. The highest BCUT2D eigenvalue weighted by Gasteiger charge is 2.32. The van der Waals surface area contributed by atoms with Gasteiger partial charge in [-0.05, 0) is 62.1 Å². The molecule has 0 bridgehead atoms. The number of hydrogen-bond acceptors (Lipinski definition) is 6.